The minimum atomic E-state index is 0.167. The standard InChI is InChI=1S/C16H24N2O/c1-2-13-7-9-14(10-8-13)16(19)18(12-4-11-17)15-5-3-6-15/h7-10,15H,2-6,11-12,17H2,1H3. The second-order valence-electron chi connectivity index (χ2n) is 5.28. The number of benzene rings is 1. The molecule has 1 saturated carbocycles. The van der Waals surface area contributed by atoms with E-state index in [0.29, 0.717) is 12.6 Å². The van der Waals surface area contributed by atoms with Gasteiger partial charge in [0.15, 0.2) is 0 Å². The van der Waals surface area contributed by atoms with E-state index in [1.807, 2.05) is 17.0 Å². The maximum Gasteiger partial charge on any atom is 0.254 e. The minimum Gasteiger partial charge on any atom is -0.336 e. The number of hydrogen-bond acceptors (Lipinski definition) is 2. The number of carbonyl (C=O) groups is 1. The Labute approximate surface area is 115 Å². The molecule has 0 radical (unpaired) electrons. The van der Waals surface area contributed by atoms with Gasteiger partial charge >= 0.3 is 0 Å². The summed E-state index contributed by atoms with van der Waals surface area (Å²) >= 11 is 0. The van der Waals surface area contributed by atoms with Crippen LogP contribution < -0.4 is 5.73 Å². The molecule has 0 bridgehead atoms. The van der Waals surface area contributed by atoms with E-state index >= 15 is 0 Å². The fourth-order valence-electron chi connectivity index (χ4n) is 2.46. The Morgan fingerprint density at radius 3 is 2.47 bits per heavy atom. The van der Waals surface area contributed by atoms with E-state index in [0.717, 1.165) is 37.8 Å². The monoisotopic (exact) mass is 260 g/mol. The molecular weight excluding hydrogens is 236 g/mol. The quantitative estimate of drug-likeness (QED) is 0.854. The number of aryl methyl sites for hydroxylation is 1. The summed E-state index contributed by atoms with van der Waals surface area (Å²) in [6.45, 7) is 3.56. The molecule has 1 aromatic rings. The van der Waals surface area contributed by atoms with Crippen LogP contribution in [0.5, 0.6) is 0 Å². The zero-order chi connectivity index (χ0) is 13.7. The number of amides is 1. The maximum atomic E-state index is 12.6. The Morgan fingerprint density at radius 1 is 1.32 bits per heavy atom. The van der Waals surface area contributed by atoms with Crippen molar-refractivity contribution in [1.29, 1.82) is 0 Å². The van der Waals surface area contributed by atoms with Crippen LogP contribution in [-0.4, -0.2) is 29.9 Å². The summed E-state index contributed by atoms with van der Waals surface area (Å²) < 4.78 is 0. The topological polar surface area (TPSA) is 46.3 Å². The van der Waals surface area contributed by atoms with Gasteiger partial charge in [0.25, 0.3) is 5.91 Å². The van der Waals surface area contributed by atoms with Crippen molar-refractivity contribution < 1.29 is 4.79 Å². The van der Waals surface area contributed by atoms with Crippen LogP contribution in [0.1, 0.15) is 48.5 Å². The summed E-state index contributed by atoms with van der Waals surface area (Å²) in [6.07, 6.45) is 5.42. The molecule has 104 valence electrons. The van der Waals surface area contributed by atoms with Crippen LogP contribution in [0.25, 0.3) is 0 Å². The molecule has 1 aliphatic carbocycles. The zero-order valence-corrected chi connectivity index (χ0v) is 11.8. The molecule has 2 rings (SSSR count). The summed E-state index contributed by atoms with van der Waals surface area (Å²) in [6, 6.07) is 8.44. The lowest BCUT2D eigenvalue weighted by molar-refractivity contribution is 0.0578. The molecule has 1 fully saturated rings. The van der Waals surface area contributed by atoms with E-state index in [4.69, 9.17) is 5.73 Å². The van der Waals surface area contributed by atoms with Gasteiger partial charge in [0.05, 0.1) is 0 Å². The van der Waals surface area contributed by atoms with Gasteiger partial charge in [-0.3, -0.25) is 4.79 Å². The Hall–Kier alpha value is -1.35. The lowest BCUT2D eigenvalue weighted by Gasteiger charge is -2.37. The van der Waals surface area contributed by atoms with Crippen molar-refractivity contribution in [3.63, 3.8) is 0 Å². The fraction of sp³-hybridized carbons (Fsp3) is 0.562. The first-order valence-electron chi connectivity index (χ1n) is 7.36. The molecule has 0 heterocycles. The Balaban J connectivity index is 2.08. The first-order valence-corrected chi connectivity index (χ1v) is 7.36. The second-order valence-corrected chi connectivity index (χ2v) is 5.28. The van der Waals surface area contributed by atoms with Crippen LogP contribution in [-0.2, 0) is 6.42 Å². The van der Waals surface area contributed by atoms with E-state index in [2.05, 4.69) is 19.1 Å². The molecule has 0 saturated heterocycles. The van der Waals surface area contributed by atoms with Crippen molar-refractivity contribution >= 4 is 5.91 Å². The van der Waals surface area contributed by atoms with Crippen molar-refractivity contribution in [3.05, 3.63) is 35.4 Å². The minimum absolute atomic E-state index is 0.167. The third kappa shape index (κ3) is 3.35. The van der Waals surface area contributed by atoms with Crippen LogP contribution in [0.15, 0.2) is 24.3 Å². The number of nitrogens with two attached hydrogens (primary N) is 1. The molecule has 0 atom stereocenters. The van der Waals surface area contributed by atoms with E-state index in [-0.39, 0.29) is 5.91 Å². The molecule has 1 amide bonds. The van der Waals surface area contributed by atoms with Gasteiger partial charge in [0.1, 0.15) is 0 Å². The first kappa shape index (κ1) is 14.1. The largest absolute Gasteiger partial charge is 0.336 e. The highest BCUT2D eigenvalue weighted by atomic mass is 16.2. The number of hydrogen-bond donors (Lipinski definition) is 1. The number of rotatable bonds is 6. The molecule has 0 aliphatic heterocycles. The maximum absolute atomic E-state index is 12.6. The van der Waals surface area contributed by atoms with Crippen LogP contribution >= 0.6 is 0 Å². The molecular formula is C16H24N2O. The molecule has 19 heavy (non-hydrogen) atoms. The third-order valence-electron chi connectivity index (χ3n) is 3.99. The summed E-state index contributed by atoms with van der Waals surface area (Å²) in [4.78, 5) is 14.6. The van der Waals surface area contributed by atoms with Gasteiger partial charge < -0.3 is 10.6 Å². The van der Waals surface area contributed by atoms with E-state index in [1.165, 1.54) is 12.0 Å². The van der Waals surface area contributed by atoms with Gasteiger partial charge in [-0.05, 0) is 56.3 Å². The normalized spacial score (nSPS) is 15.1. The van der Waals surface area contributed by atoms with E-state index < -0.39 is 0 Å². The molecule has 3 heteroatoms. The SMILES string of the molecule is CCc1ccc(C(=O)N(CCCN)C2CCC2)cc1. The van der Waals surface area contributed by atoms with Gasteiger partial charge in [-0.1, -0.05) is 19.1 Å². The number of nitrogens with zero attached hydrogens (tertiary/aromatic N) is 1. The van der Waals surface area contributed by atoms with Crippen LogP contribution in [0.4, 0.5) is 0 Å². The van der Waals surface area contributed by atoms with E-state index in [9.17, 15) is 4.79 Å². The third-order valence-corrected chi connectivity index (χ3v) is 3.99. The molecule has 0 unspecified atom stereocenters. The van der Waals surface area contributed by atoms with Crippen molar-refractivity contribution in [1.82, 2.24) is 4.90 Å². The van der Waals surface area contributed by atoms with Crippen LogP contribution in [0.2, 0.25) is 0 Å². The molecule has 3 nitrogen and oxygen atoms in total. The van der Waals surface area contributed by atoms with Crippen LogP contribution in [0.3, 0.4) is 0 Å². The van der Waals surface area contributed by atoms with E-state index in [1.54, 1.807) is 0 Å². The fourth-order valence-corrected chi connectivity index (χ4v) is 2.46. The summed E-state index contributed by atoms with van der Waals surface area (Å²) in [5.41, 5.74) is 7.65. The highest BCUT2D eigenvalue weighted by Gasteiger charge is 2.28. The lowest BCUT2D eigenvalue weighted by atomic mass is 9.90. The predicted octanol–water partition coefficient (Wildman–Crippen LogP) is 2.59. The smallest absolute Gasteiger partial charge is 0.254 e. The lowest BCUT2D eigenvalue weighted by Crippen LogP contribution is -2.45. The highest BCUT2D eigenvalue weighted by Crippen LogP contribution is 2.26. The Morgan fingerprint density at radius 2 is 2.00 bits per heavy atom. The average molecular weight is 260 g/mol. The predicted molar refractivity (Wildman–Crippen MR) is 78.2 cm³/mol. The van der Waals surface area contributed by atoms with Gasteiger partial charge in [-0.2, -0.15) is 0 Å². The van der Waals surface area contributed by atoms with Gasteiger partial charge in [0, 0.05) is 18.2 Å². The van der Waals surface area contributed by atoms with Crippen molar-refractivity contribution in [2.75, 3.05) is 13.1 Å². The summed E-state index contributed by atoms with van der Waals surface area (Å²) in [7, 11) is 0. The highest BCUT2D eigenvalue weighted by molar-refractivity contribution is 5.94. The van der Waals surface area contributed by atoms with Gasteiger partial charge in [0.2, 0.25) is 0 Å². The molecule has 0 aromatic heterocycles. The average Bonchev–Trinajstić information content (AvgIpc) is 2.40. The van der Waals surface area contributed by atoms with Crippen molar-refractivity contribution in [2.45, 2.75) is 45.1 Å². The molecule has 1 aliphatic rings. The molecule has 1 aromatic carbocycles. The van der Waals surface area contributed by atoms with Gasteiger partial charge in [-0.25, -0.2) is 0 Å². The molecule has 2 N–H and O–H groups in total. The summed E-state index contributed by atoms with van der Waals surface area (Å²) in [5, 5.41) is 0. The Bertz CT molecular complexity index is 409. The Kier molecular flexibility index (Phi) is 4.97. The van der Waals surface area contributed by atoms with Crippen molar-refractivity contribution in [3.8, 4) is 0 Å². The molecule has 0 spiro atoms. The van der Waals surface area contributed by atoms with Gasteiger partial charge in [-0.15, -0.1) is 0 Å². The zero-order valence-electron chi connectivity index (χ0n) is 11.8. The van der Waals surface area contributed by atoms with Crippen molar-refractivity contribution in [2.24, 2.45) is 5.73 Å². The van der Waals surface area contributed by atoms with Crippen LogP contribution in [0, 0.1) is 0 Å². The second kappa shape index (κ2) is 6.71. The number of carbonyl (C=O) groups excluding carboxylic acids is 1. The summed E-state index contributed by atoms with van der Waals surface area (Å²) in [5.74, 6) is 0.167. The first-order chi connectivity index (χ1) is 9.26.